The lowest BCUT2D eigenvalue weighted by molar-refractivity contribution is -0.437. The summed E-state index contributed by atoms with van der Waals surface area (Å²) in [4.78, 5) is 139. The molecule has 135 heavy (non-hydrogen) atoms. The van der Waals surface area contributed by atoms with Crippen LogP contribution in [0.5, 0.6) is 5.75 Å². The van der Waals surface area contributed by atoms with Gasteiger partial charge in [0.15, 0.2) is 11.8 Å². The number of aliphatic hydroxyl groups excluding tert-OH is 2. The number of fused-ring (bicyclic) bond motifs is 7. The number of unbranched alkanes of at least 4 members (excludes halogenated alkanes) is 1. The van der Waals surface area contributed by atoms with E-state index in [-0.39, 0.29) is 75.9 Å². The number of aromatic hydroxyl groups is 1. The van der Waals surface area contributed by atoms with Gasteiger partial charge in [-0.3, -0.25) is 47.5 Å². The first-order valence-corrected chi connectivity index (χ1v) is 50.7. The van der Waals surface area contributed by atoms with Crippen LogP contribution in [0.3, 0.4) is 0 Å². The number of rotatable bonds is 31. The highest BCUT2D eigenvalue weighted by Gasteiger charge is 2.47. The molecule has 0 unspecified atom stereocenters. The maximum Gasteiger partial charge on any atom is 0.328 e. The maximum absolute atomic E-state index is 15.7. The summed E-state index contributed by atoms with van der Waals surface area (Å²) in [5, 5.41) is 68.6. The molecule has 0 radical (unpaired) electrons. The molecule has 1 aromatic heterocycles. The summed E-state index contributed by atoms with van der Waals surface area (Å²) >= 11 is 0. The highest BCUT2D eigenvalue weighted by molar-refractivity contribution is 8.76. The molecular weight excluding hydrogens is 1800 g/mol. The van der Waals surface area contributed by atoms with Gasteiger partial charge in [0.2, 0.25) is 47.0 Å². The zero-order valence-corrected chi connectivity index (χ0v) is 79.0. The van der Waals surface area contributed by atoms with Crippen molar-refractivity contribution >= 4 is 150 Å². The Labute approximate surface area is 791 Å². The first kappa shape index (κ1) is 100. The van der Waals surface area contributed by atoms with E-state index in [4.69, 9.17) is 5.73 Å². The number of carboxylic acids is 1. The van der Waals surface area contributed by atoms with Crippen molar-refractivity contribution in [1.82, 2.24) is 47.5 Å². The minimum atomic E-state index is -4.33. The number of nitrogens with zero attached hydrogens (tertiary/aromatic N) is 2. The molecule has 3 aliphatic heterocycles. The molecule has 31 nitrogen and oxygen atoms in total. The minimum Gasteiger partial charge on any atom is -0.508 e. The average molecular weight is 1920 g/mol. The Bertz CT molecular complexity index is 6380. The van der Waals surface area contributed by atoms with E-state index >= 15 is 24.0 Å². The third kappa shape index (κ3) is 24.7. The van der Waals surface area contributed by atoms with Crippen molar-refractivity contribution in [1.29, 1.82) is 0 Å². The number of allylic oxidation sites excluding steroid dienone is 8. The number of nitrogens with two attached hydrogens (primary N) is 1. The fraction of sp³-hybridized carbons (Fsp3) is 0.360. The number of phenolic OH excluding ortho intramolecular Hbond substituents is 1. The van der Waals surface area contributed by atoms with Crippen LogP contribution in [0.4, 0.5) is 11.4 Å². The van der Waals surface area contributed by atoms with Crippen molar-refractivity contribution in [2.75, 3.05) is 47.5 Å². The number of aliphatic hydroxyl groups is 2. The Morgan fingerprint density at radius 1 is 0.615 bits per heavy atom. The van der Waals surface area contributed by atoms with Crippen LogP contribution in [-0.4, -0.2) is 218 Å². The monoisotopic (exact) mass is 1920 g/mol. The topological polar surface area (TPSA) is 488 Å². The number of hydrogen-bond donors (Lipinski definition) is 16. The molecule has 17 N–H and O–H groups in total. The van der Waals surface area contributed by atoms with E-state index < -0.39 is 168 Å². The SMILES string of the molecule is C[C@@H](O)[C@H](NC(=O)[C@@H]1CSSC[C@H](NC(=O)[C@@H](Cc2ccccc2)NC(=O)c2ccc(C3=C(/C=C/C4=[N+](CCCS(=O)(=O)O)c5ccc6ccccc6c5C4(C)C)CCC/C3=C\C=C3\N(CCCS(=O)(=O)O)c4ccc5ccccc5c4C3(C)C)cc2)C(=O)N[C@@H](Cc2ccc(O)cc2)C(=O)N[C@H](Cc2c[nH]c3ccccc23)C(=O)N[C@@H](CCCCN)C(=O)N[C@H]([C@@H](C)O)C(=O)N1)C(=O)O. The molecular formula is C100H115N12O19S4+. The summed E-state index contributed by atoms with van der Waals surface area (Å²) in [6.45, 7) is 11.5. The highest BCUT2D eigenvalue weighted by Crippen LogP contribution is 2.52. The molecule has 9 aromatic rings. The molecule has 8 amide bonds. The van der Waals surface area contributed by atoms with Crippen molar-refractivity contribution in [3.63, 3.8) is 0 Å². The predicted molar refractivity (Wildman–Crippen MR) is 523 cm³/mol. The molecule has 13 rings (SSSR count). The summed E-state index contributed by atoms with van der Waals surface area (Å²) in [5.41, 5.74) is 15.8. The van der Waals surface area contributed by atoms with Gasteiger partial charge in [-0.15, -0.1) is 0 Å². The van der Waals surface area contributed by atoms with E-state index in [2.05, 4.69) is 121 Å². The molecule has 10 atom stereocenters. The van der Waals surface area contributed by atoms with E-state index in [1.165, 1.54) is 31.2 Å². The lowest BCUT2D eigenvalue weighted by atomic mass is 9.78. The molecule has 4 aliphatic rings. The number of aromatic nitrogens is 1. The number of aromatic amines is 1. The van der Waals surface area contributed by atoms with E-state index in [1.807, 2.05) is 72.8 Å². The predicted octanol–water partition coefficient (Wildman–Crippen LogP) is 9.50. The van der Waals surface area contributed by atoms with Gasteiger partial charge in [0.25, 0.3) is 26.1 Å². The van der Waals surface area contributed by atoms with Crippen LogP contribution in [0.15, 0.2) is 223 Å². The Kier molecular flexibility index (Phi) is 32.6. The molecule has 0 saturated carbocycles. The number of carboxylic acid groups (broad SMARTS) is 1. The zero-order valence-electron chi connectivity index (χ0n) is 75.7. The number of carbonyl (C=O) groups is 9. The number of hydrogen-bond acceptors (Lipinski definition) is 20. The van der Waals surface area contributed by atoms with Gasteiger partial charge >= 0.3 is 5.97 Å². The van der Waals surface area contributed by atoms with Crippen LogP contribution in [0.25, 0.3) is 38.0 Å². The summed E-state index contributed by atoms with van der Waals surface area (Å²) in [6.07, 6.45) is 8.46. The fourth-order valence-corrected chi connectivity index (χ4v) is 21.6. The van der Waals surface area contributed by atoms with E-state index in [9.17, 15) is 65.5 Å². The van der Waals surface area contributed by atoms with Crippen LogP contribution in [0, 0.1) is 0 Å². The number of H-pyrrole nitrogens is 1. The van der Waals surface area contributed by atoms with Gasteiger partial charge in [0, 0.05) is 101 Å². The van der Waals surface area contributed by atoms with Crippen molar-refractivity contribution in [2.45, 2.75) is 184 Å². The van der Waals surface area contributed by atoms with E-state index in [0.717, 1.165) is 101 Å². The number of amides is 8. The molecule has 35 heteroatoms. The van der Waals surface area contributed by atoms with Gasteiger partial charge in [-0.2, -0.15) is 21.4 Å². The Morgan fingerprint density at radius 3 is 1.90 bits per heavy atom. The highest BCUT2D eigenvalue weighted by atomic mass is 33.1. The number of nitrogens with one attached hydrogen (secondary N) is 9. The number of aliphatic carboxylic acids is 1. The molecule has 1 aliphatic carbocycles. The van der Waals surface area contributed by atoms with Crippen LogP contribution < -0.4 is 53.2 Å². The van der Waals surface area contributed by atoms with Crippen LogP contribution >= 0.6 is 21.6 Å². The molecule has 8 aromatic carbocycles. The summed E-state index contributed by atoms with van der Waals surface area (Å²) in [5.74, 6) is -11.3. The fourth-order valence-electron chi connectivity index (χ4n) is 18.3. The van der Waals surface area contributed by atoms with Gasteiger partial charge < -0.3 is 78.6 Å². The maximum atomic E-state index is 15.7. The molecule has 0 spiro atoms. The average Bonchev–Trinajstić information content (AvgIpc) is 1.57. The third-order valence-corrected chi connectivity index (χ3v) is 29.1. The largest absolute Gasteiger partial charge is 0.508 e. The number of carbonyl (C=O) groups excluding carboxylic acids is 8. The Balaban J connectivity index is 0.876. The molecule has 712 valence electrons. The minimum absolute atomic E-state index is 0.0889. The number of para-hydroxylation sites is 1. The van der Waals surface area contributed by atoms with Crippen molar-refractivity contribution < 1.29 is 94.1 Å². The van der Waals surface area contributed by atoms with E-state index in [1.54, 1.807) is 72.9 Å². The van der Waals surface area contributed by atoms with E-state index in [0.29, 0.717) is 58.8 Å². The molecule has 4 heterocycles. The number of phenols is 1. The Hall–Kier alpha value is -12.3. The second kappa shape index (κ2) is 44.0. The second-order valence-electron chi connectivity index (χ2n) is 35.6. The van der Waals surface area contributed by atoms with Crippen molar-refractivity contribution in [3.8, 4) is 5.75 Å². The summed E-state index contributed by atoms with van der Waals surface area (Å²) in [6, 6.07) is 39.4. The van der Waals surface area contributed by atoms with Gasteiger partial charge in [-0.1, -0.05) is 175 Å². The standard InChI is InChI=1S/C100H114N12O19S4/c1-59(113)88-97(123)108-80(96(122)110-89(60(2)114)98(124)125)58-133-132-57-79(95(121)105-77(54-62-32-42-70(115)43-33-62)92(118)106-78(55-69-56-102-74-30-15-14-27-71(69)74)94(120)103-75(91(117)109-88)31-16-17-48-101)107-93(119)76(53-61-21-8-7-9-22-61)104-90(116)68-36-34-67(35-37-68)85-65(40-46-83-99(3,4)86-72-28-12-10-23-63(72)38-44-81(86)111(83)49-19-51-134(126,127)128)25-18-26-66(85)41-47-84-100(5,6)87-73-29-13-11-24-64(73)39-45-82(87)112(84)50-20-52-135(129,130)131/h7-15,21-24,27-30,32-47,56,59-60,75-80,88-89,102,113-114H,16-20,25-26,31,48-55,57-58,101H2,1-6H3,(H11-,103,104,105,106,107,108,109,110,115,116,117,118,119,120,121,122,123,124,125,126,127,128,129,130,131)/p+1/t59-,60-,75+,76-,77+,78-,79+,80+,88-,89+/m1/s1. The molecule has 0 bridgehead atoms. The first-order valence-electron chi connectivity index (χ1n) is 45.0. The normalized spacial score (nSPS) is 20.9. The zero-order chi connectivity index (χ0) is 96.8. The number of benzene rings is 8. The van der Waals surface area contributed by atoms with Crippen LogP contribution in [0.1, 0.15) is 137 Å². The smallest absolute Gasteiger partial charge is 0.328 e. The first-order chi connectivity index (χ1) is 64.3. The second-order valence-corrected chi connectivity index (χ2v) is 41.3. The van der Waals surface area contributed by atoms with Crippen molar-refractivity contribution in [2.24, 2.45) is 5.73 Å². The quantitative estimate of drug-likeness (QED) is 0.00831. The number of anilines is 1. The lowest BCUT2D eigenvalue weighted by Crippen LogP contribution is -2.62. The van der Waals surface area contributed by atoms with Crippen LogP contribution in [0.2, 0.25) is 0 Å². The van der Waals surface area contributed by atoms with Gasteiger partial charge in [-0.05, 0) is 194 Å². The van der Waals surface area contributed by atoms with Gasteiger partial charge in [0.1, 0.15) is 54.6 Å². The summed E-state index contributed by atoms with van der Waals surface area (Å²) in [7, 11) is -6.95. The summed E-state index contributed by atoms with van der Waals surface area (Å²) < 4.78 is 71.4. The van der Waals surface area contributed by atoms with Gasteiger partial charge in [-0.25, -0.2) is 4.79 Å². The molecule has 1 fully saturated rings. The van der Waals surface area contributed by atoms with Crippen molar-refractivity contribution in [3.05, 3.63) is 262 Å². The lowest BCUT2D eigenvalue weighted by Gasteiger charge is -2.29. The third-order valence-electron chi connectivity index (χ3n) is 25.1. The van der Waals surface area contributed by atoms with Gasteiger partial charge in [0.05, 0.1) is 29.1 Å². The van der Waals surface area contributed by atoms with Crippen LogP contribution in [-0.2, 0) is 88.7 Å². The Morgan fingerprint density at radius 2 is 1.23 bits per heavy atom. The molecule has 1 saturated heterocycles.